The van der Waals surface area contributed by atoms with Crippen molar-refractivity contribution < 1.29 is 4.79 Å². The van der Waals surface area contributed by atoms with Gasteiger partial charge >= 0.3 is 0 Å². The molecule has 8 nitrogen and oxygen atoms in total. The topological polar surface area (TPSA) is 95.1 Å². The first-order valence-corrected chi connectivity index (χ1v) is 8.94. The Balaban J connectivity index is 1.57. The van der Waals surface area contributed by atoms with Crippen LogP contribution in [0.2, 0.25) is 0 Å². The van der Waals surface area contributed by atoms with Crippen LogP contribution in [0.4, 0.5) is 5.69 Å². The van der Waals surface area contributed by atoms with E-state index < -0.39 is 0 Å². The lowest BCUT2D eigenvalue weighted by atomic mass is 10.1. The fraction of sp³-hybridized carbons (Fsp3) is 0.250. The quantitative estimate of drug-likeness (QED) is 0.668. The summed E-state index contributed by atoms with van der Waals surface area (Å²) in [5, 5.41) is 14.2. The molecule has 1 aliphatic heterocycles. The Morgan fingerprint density at radius 3 is 2.68 bits per heavy atom. The highest BCUT2D eigenvalue weighted by Gasteiger charge is 2.26. The first-order chi connectivity index (χ1) is 13.6. The molecule has 1 saturated heterocycles. The first kappa shape index (κ1) is 17.7. The summed E-state index contributed by atoms with van der Waals surface area (Å²) in [4.78, 5) is 33.3. The summed E-state index contributed by atoms with van der Waals surface area (Å²) < 4.78 is 1.19. The van der Waals surface area contributed by atoms with Gasteiger partial charge < -0.3 is 9.80 Å². The van der Waals surface area contributed by atoms with Gasteiger partial charge in [-0.1, -0.05) is 6.07 Å². The van der Waals surface area contributed by atoms with Crippen LogP contribution in [0, 0.1) is 11.3 Å². The van der Waals surface area contributed by atoms with E-state index in [-0.39, 0.29) is 17.2 Å². The van der Waals surface area contributed by atoms with E-state index in [1.165, 1.54) is 17.1 Å². The predicted molar refractivity (Wildman–Crippen MR) is 104 cm³/mol. The maximum Gasteiger partial charge on any atom is 0.275 e. The highest BCUT2D eigenvalue weighted by molar-refractivity contribution is 6.04. The number of pyridine rings is 1. The van der Waals surface area contributed by atoms with Gasteiger partial charge in [-0.3, -0.25) is 14.6 Å². The first-order valence-electron chi connectivity index (χ1n) is 8.94. The van der Waals surface area contributed by atoms with E-state index in [1.54, 1.807) is 24.1 Å². The minimum atomic E-state index is -0.254. The van der Waals surface area contributed by atoms with E-state index in [2.05, 4.69) is 21.1 Å². The normalized spacial score (nSPS) is 14.1. The van der Waals surface area contributed by atoms with Gasteiger partial charge in [0.25, 0.3) is 11.5 Å². The van der Waals surface area contributed by atoms with Crippen molar-refractivity contribution in [2.75, 3.05) is 31.1 Å². The second kappa shape index (κ2) is 7.12. The smallest absolute Gasteiger partial charge is 0.275 e. The Morgan fingerprint density at radius 2 is 1.93 bits per heavy atom. The number of nitriles is 1. The number of hydrogen-bond acceptors (Lipinski definition) is 6. The molecule has 0 atom stereocenters. The van der Waals surface area contributed by atoms with Gasteiger partial charge in [0.1, 0.15) is 0 Å². The minimum Gasteiger partial charge on any atom is -0.368 e. The Labute approximate surface area is 161 Å². The molecule has 1 aliphatic rings. The second-order valence-corrected chi connectivity index (χ2v) is 6.64. The number of benzene rings is 1. The number of rotatable bonds is 2. The van der Waals surface area contributed by atoms with E-state index in [0.717, 1.165) is 5.69 Å². The Bertz CT molecular complexity index is 1160. The van der Waals surface area contributed by atoms with Gasteiger partial charge in [-0.05, 0) is 24.3 Å². The Kier molecular flexibility index (Phi) is 4.49. The number of anilines is 1. The van der Waals surface area contributed by atoms with Crippen LogP contribution in [0.25, 0.3) is 10.8 Å². The van der Waals surface area contributed by atoms with Crippen LogP contribution in [0.5, 0.6) is 0 Å². The van der Waals surface area contributed by atoms with E-state index >= 15 is 0 Å². The maximum absolute atomic E-state index is 13.1. The molecular formula is C20H18N6O2. The van der Waals surface area contributed by atoms with Crippen LogP contribution in [0.3, 0.4) is 0 Å². The molecule has 1 amide bonds. The lowest BCUT2D eigenvalue weighted by molar-refractivity contribution is 0.0740. The number of aryl methyl sites for hydroxylation is 1. The van der Waals surface area contributed by atoms with E-state index in [1.807, 2.05) is 18.2 Å². The van der Waals surface area contributed by atoms with Crippen LogP contribution in [-0.2, 0) is 7.05 Å². The van der Waals surface area contributed by atoms with Crippen LogP contribution in [-0.4, -0.2) is 51.8 Å². The molecule has 28 heavy (non-hydrogen) atoms. The molecule has 0 aliphatic carbocycles. The zero-order valence-electron chi connectivity index (χ0n) is 15.4. The molecule has 0 radical (unpaired) electrons. The summed E-state index contributed by atoms with van der Waals surface area (Å²) in [5.74, 6) is -0.209. The summed E-state index contributed by atoms with van der Waals surface area (Å²) >= 11 is 0. The molecule has 3 aromatic rings. The summed E-state index contributed by atoms with van der Waals surface area (Å²) in [7, 11) is 1.54. The largest absolute Gasteiger partial charge is 0.368 e. The fourth-order valence-electron chi connectivity index (χ4n) is 3.44. The molecule has 8 heteroatoms. The third kappa shape index (κ3) is 3.07. The van der Waals surface area contributed by atoms with E-state index in [9.17, 15) is 9.59 Å². The molecule has 1 aromatic carbocycles. The summed E-state index contributed by atoms with van der Waals surface area (Å²) in [6.07, 6.45) is 3.05. The number of aromatic nitrogens is 3. The average molecular weight is 374 g/mol. The van der Waals surface area contributed by atoms with Crippen molar-refractivity contribution in [2.45, 2.75) is 0 Å². The molecule has 140 valence electrons. The van der Waals surface area contributed by atoms with Gasteiger partial charge in [0.2, 0.25) is 0 Å². The van der Waals surface area contributed by atoms with Crippen molar-refractivity contribution in [3.63, 3.8) is 0 Å². The van der Waals surface area contributed by atoms with Gasteiger partial charge in [0.05, 0.1) is 17.0 Å². The Morgan fingerprint density at radius 1 is 1.14 bits per heavy atom. The van der Waals surface area contributed by atoms with Gasteiger partial charge in [-0.25, -0.2) is 4.68 Å². The zero-order valence-corrected chi connectivity index (χ0v) is 15.4. The standard InChI is InChI=1S/C20H18N6O2/c1-24-19(27)16-5-6-22-13-17(16)18(23-24)20(28)26-9-7-25(8-10-26)15-4-2-3-14(11-15)12-21/h2-6,11,13H,7-10H2,1H3. The number of carbonyl (C=O) groups is 1. The predicted octanol–water partition coefficient (Wildman–Crippen LogP) is 1.16. The lowest BCUT2D eigenvalue weighted by Gasteiger charge is -2.36. The van der Waals surface area contributed by atoms with Crippen molar-refractivity contribution >= 4 is 22.4 Å². The molecule has 3 heterocycles. The van der Waals surface area contributed by atoms with Gasteiger partial charge in [-0.2, -0.15) is 10.4 Å². The summed E-state index contributed by atoms with van der Waals surface area (Å²) in [5.41, 5.74) is 1.58. The molecule has 1 fully saturated rings. The molecule has 0 saturated carbocycles. The van der Waals surface area contributed by atoms with Crippen LogP contribution in [0.15, 0.2) is 47.5 Å². The molecule has 0 N–H and O–H groups in total. The van der Waals surface area contributed by atoms with Crippen molar-refractivity contribution in [1.82, 2.24) is 19.7 Å². The van der Waals surface area contributed by atoms with E-state index in [0.29, 0.717) is 42.5 Å². The van der Waals surface area contributed by atoms with Gasteiger partial charge in [0, 0.05) is 56.7 Å². The van der Waals surface area contributed by atoms with Crippen LogP contribution >= 0.6 is 0 Å². The number of amides is 1. The molecular weight excluding hydrogens is 356 g/mol. The van der Waals surface area contributed by atoms with Crippen molar-refractivity contribution in [3.8, 4) is 6.07 Å². The highest BCUT2D eigenvalue weighted by atomic mass is 16.2. The number of piperazine rings is 1. The minimum absolute atomic E-state index is 0.209. The lowest BCUT2D eigenvalue weighted by Crippen LogP contribution is -2.49. The fourth-order valence-corrected chi connectivity index (χ4v) is 3.44. The molecule has 0 bridgehead atoms. The van der Waals surface area contributed by atoms with Crippen LogP contribution in [0.1, 0.15) is 16.1 Å². The summed E-state index contributed by atoms with van der Waals surface area (Å²) in [6, 6.07) is 11.2. The number of nitrogens with zero attached hydrogens (tertiary/aromatic N) is 6. The number of fused-ring (bicyclic) bond motifs is 1. The molecule has 0 unspecified atom stereocenters. The number of hydrogen-bond donors (Lipinski definition) is 0. The maximum atomic E-state index is 13.1. The molecule has 4 rings (SSSR count). The third-order valence-electron chi connectivity index (χ3n) is 4.96. The van der Waals surface area contributed by atoms with Gasteiger partial charge in [-0.15, -0.1) is 0 Å². The van der Waals surface area contributed by atoms with E-state index in [4.69, 9.17) is 5.26 Å². The molecule has 0 spiro atoms. The number of carbonyl (C=O) groups excluding carboxylic acids is 1. The van der Waals surface area contributed by atoms with Crippen LogP contribution < -0.4 is 10.5 Å². The monoisotopic (exact) mass is 374 g/mol. The van der Waals surface area contributed by atoms with Crippen molar-refractivity contribution in [2.24, 2.45) is 7.05 Å². The zero-order chi connectivity index (χ0) is 19.7. The summed E-state index contributed by atoms with van der Waals surface area (Å²) in [6.45, 7) is 2.37. The van der Waals surface area contributed by atoms with Crippen molar-refractivity contribution in [3.05, 3.63) is 64.3 Å². The molecule has 2 aromatic heterocycles. The third-order valence-corrected chi connectivity index (χ3v) is 4.96. The average Bonchev–Trinajstić information content (AvgIpc) is 2.76. The van der Waals surface area contributed by atoms with Crippen molar-refractivity contribution in [1.29, 1.82) is 5.26 Å². The highest BCUT2D eigenvalue weighted by Crippen LogP contribution is 2.20. The SMILES string of the molecule is Cn1nc(C(=O)N2CCN(c3cccc(C#N)c3)CC2)c2cnccc2c1=O. The van der Waals surface area contributed by atoms with Gasteiger partial charge in [0.15, 0.2) is 5.69 Å². The second-order valence-electron chi connectivity index (χ2n) is 6.64. The Hall–Kier alpha value is -3.73.